The van der Waals surface area contributed by atoms with E-state index in [4.69, 9.17) is 0 Å². The van der Waals surface area contributed by atoms with Crippen molar-refractivity contribution in [2.75, 3.05) is 19.6 Å². The van der Waals surface area contributed by atoms with Crippen LogP contribution in [0.25, 0.3) is 0 Å². The minimum Gasteiger partial charge on any atom is -0.312 e. The summed E-state index contributed by atoms with van der Waals surface area (Å²) in [5, 5.41) is 0. The second-order valence-corrected chi connectivity index (χ2v) is 7.49. The Labute approximate surface area is 152 Å². The van der Waals surface area contributed by atoms with E-state index >= 15 is 0 Å². The van der Waals surface area contributed by atoms with Gasteiger partial charge in [0, 0.05) is 49.3 Å². The van der Waals surface area contributed by atoms with Crippen LogP contribution in [-0.2, 0) is 6.54 Å². The van der Waals surface area contributed by atoms with Gasteiger partial charge in [-0.25, -0.2) is 4.39 Å². The van der Waals surface area contributed by atoms with Gasteiger partial charge in [-0.2, -0.15) is 0 Å². The number of likely N-dealkylation sites (tertiary alicyclic amines) is 1. The molecule has 0 unspecified atom stereocenters. The van der Waals surface area contributed by atoms with Crippen LogP contribution in [0.3, 0.4) is 0 Å². The molecule has 1 saturated heterocycles. The SMILES string of the molecule is O=C(CCCN1C[C@@H]2C[C@H](C1)c1cccc(=O)n1C2)c1ccc(F)cc1. The Kier molecular flexibility index (Phi) is 4.72. The lowest BCUT2D eigenvalue weighted by molar-refractivity contribution is 0.0951. The third-order valence-corrected chi connectivity index (χ3v) is 5.60. The highest BCUT2D eigenvalue weighted by Gasteiger charge is 2.34. The fraction of sp³-hybridized carbons (Fsp3) is 0.429. The number of Topliss-reactive ketones (excluding diaryl/α,β-unsaturated/α-hetero) is 1. The van der Waals surface area contributed by atoms with E-state index in [0.717, 1.165) is 44.7 Å². The topological polar surface area (TPSA) is 42.3 Å². The summed E-state index contributed by atoms with van der Waals surface area (Å²) >= 11 is 0. The van der Waals surface area contributed by atoms with Gasteiger partial charge in [0.15, 0.2) is 5.78 Å². The van der Waals surface area contributed by atoms with Crippen LogP contribution < -0.4 is 5.56 Å². The van der Waals surface area contributed by atoms with Gasteiger partial charge in [0.1, 0.15) is 5.82 Å². The Hall–Kier alpha value is -2.27. The summed E-state index contributed by atoms with van der Waals surface area (Å²) in [5.41, 5.74) is 1.84. The van der Waals surface area contributed by atoms with E-state index in [1.807, 2.05) is 10.6 Å². The molecule has 1 fully saturated rings. The highest BCUT2D eigenvalue weighted by molar-refractivity contribution is 5.95. The minimum atomic E-state index is -0.319. The molecule has 2 aromatic rings. The molecular weight excluding hydrogens is 331 g/mol. The average Bonchev–Trinajstić information content (AvgIpc) is 2.63. The molecule has 0 aliphatic carbocycles. The van der Waals surface area contributed by atoms with E-state index in [-0.39, 0.29) is 17.2 Å². The molecule has 2 aliphatic heterocycles. The number of pyridine rings is 1. The van der Waals surface area contributed by atoms with Crippen molar-refractivity contribution < 1.29 is 9.18 Å². The van der Waals surface area contributed by atoms with Crippen molar-refractivity contribution in [2.45, 2.75) is 31.7 Å². The van der Waals surface area contributed by atoms with Gasteiger partial charge < -0.3 is 9.47 Å². The first-order valence-corrected chi connectivity index (χ1v) is 9.31. The van der Waals surface area contributed by atoms with Gasteiger partial charge in [-0.15, -0.1) is 0 Å². The zero-order valence-corrected chi connectivity index (χ0v) is 14.7. The van der Waals surface area contributed by atoms with Crippen LogP contribution in [-0.4, -0.2) is 34.9 Å². The summed E-state index contributed by atoms with van der Waals surface area (Å²) in [4.78, 5) is 26.7. The normalized spacial score (nSPS) is 22.0. The molecule has 136 valence electrons. The summed E-state index contributed by atoms with van der Waals surface area (Å²) in [7, 11) is 0. The van der Waals surface area contributed by atoms with Gasteiger partial charge in [-0.3, -0.25) is 9.59 Å². The number of carbonyl (C=O) groups excluding carboxylic acids is 1. The number of halogens is 1. The molecule has 0 N–H and O–H groups in total. The summed E-state index contributed by atoms with van der Waals surface area (Å²) < 4.78 is 14.9. The van der Waals surface area contributed by atoms with Gasteiger partial charge in [-0.1, -0.05) is 6.07 Å². The van der Waals surface area contributed by atoms with Crippen molar-refractivity contribution in [3.63, 3.8) is 0 Å². The van der Waals surface area contributed by atoms with Crippen molar-refractivity contribution in [3.8, 4) is 0 Å². The van der Waals surface area contributed by atoms with Gasteiger partial charge in [0.2, 0.25) is 0 Å². The maximum atomic E-state index is 12.9. The van der Waals surface area contributed by atoms with Gasteiger partial charge >= 0.3 is 0 Å². The maximum Gasteiger partial charge on any atom is 0.250 e. The first-order chi connectivity index (χ1) is 12.6. The number of piperidine rings is 1. The first kappa shape index (κ1) is 17.2. The van der Waals surface area contributed by atoms with Crippen molar-refractivity contribution in [2.24, 2.45) is 5.92 Å². The highest BCUT2D eigenvalue weighted by Crippen LogP contribution is 2.34. The van der Waals surface area contributed by atoms with Crippen LogP contribution in [0.2, 0.25) is 0 Å². The first-order valence-electron chi connectivity index (χ1n) is 9.31. The lowest BCUT2D eigenvalue weighted by Gasteiger charge is -2.42. The fourth-order valence-electron chi connectivity index (χ4n) is 4.42. The van der Waals surface area contributed by atoms with E-state index in [9.17, 15) is 14.0 Å². The number of fused-ring (bicyclic) bond motifs is 4. The third kappa shape index (κ3) is 3.49. The number of aromatic nitrogens is 1. The molecule has 2 aliphatic rings. The summed E-state index contributed by atoms with van der Waals surface area (Å²) in [6.45, 7) is 3.63. The monoisotopic (exact) mass is 354 g/mol. The smallest absolute Gasteiger partial charge is 0.250 e. The van der Waals surface area contributed by atoms with Crippen molar-refractivity contribution >= 4 is 5.78 Å². The van der Waals surface area contributed by atoms with Crippen molar-refractivity contribution in [3.05, 3.63) is 69.9 Å². The zero-order chi connectivity index (χ0) is 18.1. The molecule has 4 rings (SSSR count). The van der Waals surface area contributed by atoms with Crippen LogP contribution >= 0.6 is 0 Å². The minimum absolute atomic E-state index is 0.0686. The molecule has 1 aromatic carbocycles. The van der Waals surface area contributed by atoms with E-state index in [0.29, 0.717) is 23.8 Å². The number of nitrogens with zero attached hydrogens (tertiary/aromatic N) is 2. The zero-order valence-electron chi connectivity index (χ0n) is 14.7. The van der Waals surface area contributed by atoms with Crippen LogP contribution in [0.15, 0.2) is 47.3 Å². The van der Waals surface area contributed by atoms with E-state index in [2.05, 4.69) is 11.0 Å². The Bertz CT molecular complexity index is 859. The van der Waals surface area contributed by atoms with Crippen molar-refractivity contribution in [1.82, 2.24) is 9.47 Å². The van der Waals surface area contributed by atoms with Crippen LogP contribution in [0.5, 0.6) is 0 Å². The highest BCUT2D eigenvalue weighted by atomic mass is 19.1. The molecule has 0 spiro atoms. The Morgan fingerprint density at radius 2 is 1.88 bits per heavy atom. The average molecular weight is 354 g/mol. The molecule has 2 atom stereocenters. The number of carbonyl (C=O) groups is 1. The second kappa shape index (κ2) is 7.16. The number of rotatable bonds is 5. The predicted octanol–water partition coefficient (Wildman–Crippen LogP) is 3.07. The van der Waals surface area contributed by atoms with Crippen LogP contribution in [0, 0.1) is 11.7 Å². The van der Waals surface area contributed by atoms with Crippen molar-refractivity contribution in [1.29, 1.82) is 0 Å². The molecule has 1 aromatic heterocycles. The molecule has 4 nitrogen and oxygen atoms in total. The van der Waals surface area contributed by atoms with Gasteiger partial charge in [-0.05, 0) is 55.6 Å². The van der Waals surface area contributed by atoms with Crippen LogP contribution in [0.1, 0.15) is 41.2 Å². The van der Waals surface area contributed by atoms with E-state index in [1.165, 1.54) is 12.1 Å². The third-order valence-electron chi connectivity index (χ3n) is 5.60. The predicted molar refractivity (Wildman–Crippen MR) is 98.0 cm³/mol. The summed E-state index contributed by atoms with van der Waals surface area (Å²) in [6.07, 6.45) is 2.43. The summed E-state index contributed by atoms with van der Waals surface area (Å²) in [5.74, 6) is 0.665. The molecule has 0 radical (unpaired) electrons. The maximum absolute atomic E-state index is 12.9. The fourth-order valence-corrected chi connectivity index (χ4v) is 4.42. The van der Waals surface area contributed by atoms with E-state index in [1.54, 1.807) is 18.2 Å². The lowest BCUT2D eigenvalue weighted by Crippen LogP contribution is -2.47. The Morgan fingerprint density at radius 1 is 1.08 bits per heavy atom. The standard InChI is InChI=1S/C21H23FN2O2/c22-18-8-6-16(7-9-18)20(25)4-2-10-23-12-15-11-17(14-23)19-3-1-5-21(26)24(19)13-15/h1,3,5-9,15,17H,2,4,10-14H2/t15-,17+/m0/s1. The number of hydrogen-bond donors (Lipinski definition) is 0. The second-order valence-electron chi connectivity index (χ2n) is 7.49. The largest absolute Gasteiger partial charge is 0.312 e. The number of benzene rings is 1. The molecular formula is C21H23FN2O2. The van der Waals surface area contributed by atoms with Gasteiger partial charge in [0.05, 0.1) is 0 Å². The lowest BCUT2D eigenvalue weighted by atomic mass is 9.83. The molecule has 3 heterocycles. The van der Waals surface area contributed by atoms with E-state index < -0.39 is 0 Å². The quantitative estimate of drug-likeness (QED) is 0.775. The molecule has 5 heteroatoms. The number of ketones is 1. The summed E-state index contributed by atoms with van der Waals surface area (Å²) in [6, 6.07) is 11.3. The Morgan fingerprint density at radius 3 is 2.69 bits per heavy atom. The molecule has 2 bridgehead atoms. The van der Waals surface area contributed by atoms with Crippen LogP contribution in [0.4, 0.5) is 4.39 Å². The van der Waals surface area contributed by atoms with Gasteiger partial charge in [0.25, 0.3) is 5.56 Å². The molecule has 0 amide bonds. The molecule has 0 saturated carbocycles. The number of hydrogen-bond acceptors (Lipinski definition) is 3. The molecule has 26 heavy (non-hydrogen) atoms. The Balaban J connectivity index is 1.34.